The Hall–Kier alpha value is -4.53. The molecule has 6 nitrogen and oxygen atoms in total. The van der Waals surface area contributed by atoms with Gasteiger partial charge in [-0.1, -0.05) is 84.0 Å². The lowest BCUT2D eigenvalue weighted by atomic mass is 10.1. The molecule has 38 heavy (non-hydrogen) atoms. The summed E-state index contributed by atoms with van der Waals surface area (Å²) >= 11 is 7.12. The number of amidine groups is 1. The summed E-state index contributed by atoms with van der Waals surface area (Å²) in [5.41, 5.74) is 2.06. The number of halogens is 2. The maximum atomic E-state index is 13.6. The number of H-pyrrole nitrogens is 1. The topological polar surface area (TPSA) is 93.8 Å². The maximum Gasteiger partial charge on any atom is 0.416 e. The molecule has 0 saturated carbocycles. The second-order valence-electron chi connectivity index (χ2n) is 8.40. The van der Waals surface area contributed by atoms with Crippen molar-refractivity contribution in [2.75, 3.05) is 0 Å². The number of nitrogens with one attached hydrogen (secondary N) is 2. The molecule has 4 aromatic carbocycles. The van der Waals surface area contributed by atoms with Gasteiger partial charge in [-0.2, -0.15) is 0 Å². The molecule has 0 radical (unpaired) electrons. The number of fused-ring (bicyclic) bond motifs is 1. The molecule has 0 spiro atoms. The second kappa shape index (κ2) is 10.8. The maximum absolute atomic E-state index is 13.6. The number of hydrogen-bond acceptors (Lipinski definition) is 4. The highest BCUT2D eigenvalue weighted by Gasteiger charge is 2.41. The van der Waals surface area contributed by atoms with Gasteiger partial charge in [0.1, 0.15) is 5.82 Å². The highest BCUT2D eigenvalue weighted by Crippen LogP contribution is 2.32. The van der Waals surface area contributed by atoms with Crippen molar-refractivity contribution in [2.45, 2.75) is 0 Å². The summed E-state index contributed by atoms with van der Waals surface area (Å²) in [6.45, 7) is 0. The van der Waals surface area contributed by atoms with E-state index in [1.54, 1.807) is 18.2 Å². The highest BCUT2D eigenvalue weighted by atomic mass is 35.6. The lowest BCUT2D eigenvalue weighted by Gasteiger charge is -2.24. The van der Waals surface area contributed by atoms with E-state index in [0.717, 1.165) is 21.3 Å². The molecule has 0 aliphatic carbocycles. The van der Waals surface area contributed by atoms with Gasteiger partial charge in [0, 0.05) is 22.0 Å². The van der Waals surface area contributed by atoms with Crippen LogP contribution in [0.5, 0.6) is 5.88 Å². The molecule has 188 valence electrons. The standard InChI is InChI=1S/C29H22ClFN4O2Si/c30-38(22-9-3-1-4-10-22,23-11-5-2-6-12-23)37-29(32)35-34-27(20-15-17-21(31)18-16-20)19-25-24-13-7-8-14-26(24)33-28(25)36/h1-19,32-33,36H/b27-19+,32-29?,35-34?. The molecule has 0 aliphatic heterocycles. The number of azo groups is 1. The van der Waals surface area contributed by atoms with Crippen LogP contribution >= 0.6 is 11.1 Å². The van der Waals surface area contributed by atoms with E-state index in [1.165, 1.54) is 12.1 Å². The van der Waals surface area contributed by atoms with Crippen molar-refractivity contribution in [1.82, 2.24) is 4.98 Å². The van der Waals surface area contributed by atoms with Crippen molar-refractivity contribution in [1.29, 1.82) is 5.41 Å². The van der Waals surface area contributed by atoms with Gasteiger partial charge >= 0.3 is 13.6 Å². The normalized spacial score (nSPS) is 12.2. The van der Waals surface area contributed by atoms with E-state index in [9.17, 15) is 9.50 Å². The fourth-order valence-electron chi connectivity index (χ4n) is 4.07. The predicted molar refractivity (Wildman–Crippen MR) is 152 cm³/mol. The van der Waals surface area contributed by atoms with Crippen molar-refractivity contribution >= 4 is 57.8 Å². The minimum Gasteiger partial charge on any atom is -0.494 e. The van der Waals surface area contributed by atoms with Gasteiger partial charge in [-0.15, -0.1) is 16.2 Å². The van der Waals surface area contributed by atoms with Crippen LogP contribution in [0, 0.1) is 11.2 Å². The van der Waals surface area contributed by atoms with E-state index in [-0.39, 0.29) is 5.88 Å². The third-order valence-corrected chi connectivity index (χ3v) is 10.1. The summed E-state index contributed by atoms with van der Waals surface area (Å²) in [6, 6.07) is 31.3. The summed E-state index contributed by atoms with van der Waals surface area (Å²) in [4.78, 5) is 2.93. The van der Waals surface area contributed by atoms with Crippen LogP contribution in [0.2, 0.25) is 0 Å². The number of para-hydroxylation sites is 1. The van der Waals surface area contributed by atoms with Gasteiger partial charge in [0.25, 0.3) is 0 Å². The van der Waals surface area contributed by atoms with Gasteiger partial charge in [0.15, 0.2) is 5.88 Å². The number of rotatable bonds is 6. The lowest BCUT2D eigenvalue weighted by molar-refractivity contribution is 0.457. The molecule has 1 aromatic heterocycles. The first-order valence-corrected chi connectivity index (χ1v) is 14.6. The molecule has 0 atom stereocenters. The molecule has 0 bridgehead atoms. The van der Waals surface area contributed by atoms with Gasteiger partial charge in [-0.25, -0.2) is 9.80 Å². The summed E-state index contributed by atoms with van der Waals surface area (Å²) < 4.78 is 19.7. The van der Waals surface area contributed by atoms with E-state index in [4.69, 9.17) is 20.9 Å². The van der Waals surface area contributed by atoms with Crippen molar-refractivity contribution in [2.24, 2.45) is 10.2 Å². The number of aromatic hydroxyl groups is 1. The zero-order valence-electron chi connectivity index (χ0n) is 20.0. The SMILES string of the molecule is N=C(N=N/C(=C/c1c(O)[nH]c2ccccc12)c1ccc(F)cc1)O[Si](Cl)(c1ccccc1)c1ccccc1. The first kappa shape index (κ1) is 25.1. The fourth-order valence-corrected chi connectivity index (χ4v) is 7.16. The summed E-state index contributed by atoms with van der Waals surface area (Å²) in [7, 11) is -3.35. The van der Waals surface area contributed by atoms with Gasteiger partial charge < -0.3 is 14.5 Å². The monoisotopic (exact) mass is 540 g/mol. The third kappa shape index (κ3) is 5.27. The highest BCUT2D eigenvalue weighted by molar-refractivity contribution is 7.31. The Morgan fingerprint density at radius 2 is 1.42 bits per heavy atom. The molecule has 5 aromatic rings. The number of hydrogen-bond donors (Lipinski definition) is 3. The Bertz CT molecular complexity index is 1600. The molecule has 0 aliphatic rings. The van der Waals surface area contributed by atoms with Crippen molar-refractivity contribution < 1.29 is 13.9 Å². The number of aromatic nitrogens is 1. The largest absolute Gasteiger partial charge is 0.494 e. The van der Waals surface area contributed by atoms with Gasteiger partial charge in [0.05, 0.1) is 5.70 Å². The summed E-state index contributed by atoms with van der Waals surface area (Å²) in [6.07, 6.45) is 1.62. The van der Waals surface area contributed by atoms with E-state index in [2.05, 4.69) is 15.2 Å². The lowest BCUT2D eigenvalue weighted by Crippen LogP contribution is -2.57. The molecule has 0 amide bonds. The molecule has 0 saturated heterocycles. The fraction of sp³-hybridized carbons (Fsp3) is 0. The number of benzene rings is 4. The molecule has 0 unspecified atom stereocenters. The average molecular weight is 541 g/mol. The Labute approximate surface area is 224 Å². The smallest absolute Gasteiger partial charge is 0.416 e. The zero-order valence-corrected chi connectivity index (χ0v) is 21.7. The average Bonchev–Trinajstić information content (AvgIpc) is 3.27. The Morgan fingerprint density at radius 1 is 0.842 bits per heavy atom. The Kier molecular flexibility index (Phi) is 7.17. The molecular formula is C29H22ClFN4O2Si. The summed E-state index contributed by atoms with van der Waals surface area (Å²) in [5.74, 6) is -0.452. The first-order chi connectivity index (χ1) is 18.4. The van der Waals surface area contributed by atoms with Gasteiger partial charge in [-0.3, -0.25) is 0 Å². The van der Waals surface area contributed by atoms with Crippen molar-refractivity contribution in [3.05, 3.63) is 126 Å². The van der Waals surface area contributed by atoms with Crippen molar-refractivity contribution in [3.8, 4) is 5.88 Å². The van der Waals surface area contributed by atoms with E-state index >= 15 is 0 Å². The summed E-state index contributed by atoms with van der Waals surface area (Å²) in [5, 5.41) is 29.6. The van der Waals surface area contributed by atoms with Crippen LogP contribution < -0.4 is 10.4 Å². The minimum absolute atomic E-state index is 0.0484. The minimum atomic E-state index is -3.35. The zero-order chi connectivity index (χ0) is 26.5. The van der Waals surface area contributed by atoms with Crippen LogP contribution in [0.3, 0.4) is 0 Å². The van der Waals surface area contributed by atoms with Crippen LogP contribution in [0.4, 0.5) is 4.39 Å². The van der Waals surface area contributed by atoms with Gasteiger partial charge in [0.2, 0.25) is 0 Å². The second-order valence-corrected chi connectivity index (χ2v) is 12.6. The van der Waals surface area contributed by atoms with E-state index in [1.807, 2.05) is 84.9 Å². The third-order valence-electron chi connectivity index (χ3n) is 5.92. The molecule has 9 heteroatoms. The Balaban J connectivity index is 1.52. The quantitative estimate of drug-likeness (QED) is 0.0763. The van der Waals surface area contributed by atoms with E-state index in [0.29, 0.717) is 16.8 Å². The van der Waals surface area contributed by atoms with Crippen LogP contribution in [0.15, 0.2) is 119 Å². The van der Waals surface area contributed by atoms with E-state index < -0.39 is 19.5 Å². The Morgan fingerprint density at radius 3 is 2.05 bits per heavy atom. The molecular weight excluding hydrogens is 519 g/mol. The molecule has 1 heterocycles. The number of aromatic amines is 1. The molecule has 5 rings (SSSR count). The first-order valence-electron chi connectivity index (χ1n) is 11.7. The van der Waals surface area contributed by atoms with Crippen LogP contribution in [0.25, 0.3) is 22.7 Å². The van der Waals surface area contributed by atoms with Crippen LogP contribution in [-0.4, -0.2) is 23.7 Å². The molecule has 3 N–H and O–H groups in total. The predicted octanol–water partition coefficient (Wildman–Crippen LogP) is 6.41. The molecule has 0 fully saturated rings. The van der Waals surface area contributed by atoms with Crippen LogP contribution in [0.1, 0.15) is 11.1 Å². The van der Waals surface area contributed by atoms with Crippen LogP contribution in [-0.2, 0) is 4.43 Å². The number of nitrogens with zero attached hydrogens (tertiary/aromatic N) is 2. The van der Waals surface area contributed by atoms with Gasteiger partial charge in [-0.05, 0) is 46.8 Å². The van der Waals surface area contributed by atoms with Crippen molar-refractivity contribution in [3.63, 3.8) is 0 Å².